The maximum Gasteiger partial charge on any atom is 0.329 e. The van der Waals surface area contributed by atoms with Crippen molar-refractivity contribution in [2.75, 3.05) is 11.9 Å². The minimum absolute atomic E-state index is 0.0327. The summed E-state index contributed by atoms with van der Waals surface area (Å²) in [4.78, 5) is 19.4. The third-order valence-electron chi connectivity index (χ3n) is 2.28. The molecule has 0 radical (unpaired) electrons. The van der Waals surface area contributed by atoms with E-state index in [9.17, 15) is 10.1 Å². The fraction of sp³-hybridized carbons (Fsp3) is 0.200. The van der Waals surface area contributed by atoms with Crippen molar-refractivity contribution in [1.82, 2.24) is 9.97 Å². The van der Waals surface area contributed by atoms with Crippen LogP contribution in [0.4, 0.5) is 11.5 Å². The highest BCUT2D eigenvalue weighted by Gasteiger charge is 2.20. The lowest BCUT2D eigenvalue weighted by molar-refractivity contribution is -0.384. The highest BCUT2D eigenvalue weighted by Crippen LogP contribution is 2.26. The number of hydrogen-bond donors (Lipinski definition) is 0. The van der Waals surface area contributed by atoms with Crippen molar-refractivity contribution in [2.24, 2.45) is 0 Å². The lowest BCUT2D eigenvalue weighted by atomic mass is 10.3. The summed E-state index contributed by atoms with van der Waals surface area (Å²) in [6.07, 6.45) is 4.19. The quantitative estimate of drug-likeness (QED) is 0.480. The molecule has 0 atom stereocenters. The highest BCUT2D eigenvalue weighted by atomic mass is 35.5. The van der Waals surface area contributed by atoms with Gasteiger partial charge in [-0.15, -0.1) is 0 Å². The molecule has 0 aliphatic rings. The van der Waals surface area contributed by atoms with Crippen molar-refractivity contribution in [3.8, 4) is 0 Å². The number of hydrogen-bond acceptors (Lipinski definition) is 6. The number of nitro groups is 1. The lowest BCUT2D eigenvalue weighted by Gasteiger charge is -2.16. The van der Waals surface area contributed by atoms with E-state index in [-0.39, 0.29) is 16.8 Å². The van der Waals surface area contributed by atoms with Crippen LogP contribution in [0.5, 0.6) is 0 Å². The molecular formula is C10H9ClN4O3. The second kappa shape index (κ2) is 5.01. The Kier molecular flexibility index (Phi) is 3.42. The molecule has 2 rings (SSSR count). The van der Waals surface area contributed by atoms with E-state index in [2.05, 4.69) is 9.97 Å². The zero-order chi connectivity index (χ0) is 13.1. The Hall–Kier alpha value is -2.15. The standard InChI is InChI=1S/C10H9ClN4O3/c1-14(5-7-2-3-18-6-7)9-8(15(16)17)4-12-10(11)13-9/h2-4,6H,5H2,1H3. The molecule has 2 aromatic heterocycles. The SMILES string of the molecule is CN(Cc1ccoc1)c1nc(Cl)ncc1[N+](=O)[O-]. The summed E-state index contributed by atoms with van der Waals surface area (Å²) in [5, 5.41) is 10.8. The monoisotopic (exact) mass is 268 g/mol. The first-order valence-electron chi connectivity index (χ1n) is 4.97. The lowest BCUT2D eigenvalue weighted by Crippen LogP contribution is -2.19. The summed E-state index contributed by atoms with van der Waals surface area (Å²) in [7, 11) is 1.68. The maximum absolute atomic E-state index is 10.9. The largest absolute Gasteiger partial charge is 0.472 e. The van der Waals surface area contributed by atoms with Gasteiger partial charge in [0.2, 0.25) is 11.1 Å². The van der Waals surface area contributed by atoms with E-state index < -0.39 is 4.92 Å². The van der Waals surface area contributed by atoms with Crippen molar-refractivity contribution in [3.05, 3.63) is 45.8 Å². The highest BCUT2D eigenvalue weighted by molar-refractivity contribution is 6.28. The molecule has 0 aliphatic carbocycles. The molecule has 0 amide bonds. The Bertz CT molecular complexity index is 558. The van der Waals surface area contributed by atoms with Crippen molar-refractivity contribution in [1.29, 1.82) is 0 Å². The van der Waals surface area contributed by atoms with Gasteiger partial charge in [0.25, 0.3) is 0 Å². The molecule has 2 aromatic rings. The van der Waals surface area contributed by atoms with E-state index in [0.717, 1.165) is 11.8 Å². The summed E-state index contributed by atoms with van der Waals surface area (Å²) in [6, 6.07) is 1.77. The van der Waals surface area contributed by atoms with Gasteiger partial charge in [0.05, 0.1) is 17.4 Å². The third-order valence-corrected chi connectivity index (χ3v) is 2.46. The fourth-order valence-corrected chi connectivity index (χ4v) is 1.62. The number of anilines is 1. The third kappa shape index (κ3) is 2.57. The molecule has 0 saturated carbocycles. The number of halogens is 1. The van der Waals surface area contributed by atoms with Crippen LogP contribution in [-0.2, 0) is 6.54 Å². The number of nitrogens with zero attached hydrogens (tertiary/aromatic N) is 4. The summed E-state index contributed by atoms with van der Waals surface area (Å²) in [5.41, 5.74) is 0.687. The van der Waals surface area contributed by atoms with Crippen LogP contribution in [-0.4, -0.2) is 21.9 Å². The van der Waals surface area contributed by atoms with Crippen molar-refractivity contribution < 1.29 is 9.34 Å². The molecule has 18 heavy (non-hydrogen) atoms. The number of furan rings is 1. The van der Waals surface area contributed by atoms with Crippen LogP contribution >= 0.6 is 11.6 Å². The van der Waals surface area contributed by atoms with Gasteiger partial charge < -0.3 is 9.32 Å². The number of rotatable bonds is 4. The van der Waals surface area contributed by atoms with Crippen LogP contribution in [0.25, 0.3) is 0 Å². The molecule has 0 aliphatic heterocycles. The molecule has 8 heteroatoms. The van der Waals surface area contributed by atoms with E-state index in [1.165, 1.54) is 6.26 Å². The minimum Gasteiger partial charge on any atom is -0.472 e. The fourth-order valence-electron chi connectivity index (χ4n) is 1.49. The Morgan fingerprint density at radius 2 is 2.39 bits per heavy atom. The second-order valence-corrected chi connectivity index (χ2v) is 3.93. The molecule has 2 heterocycles. The normalized spacial score (nSPS) is 10.3. The van der Waals surface area contributed by atoms with Gasteiger partial charge in [-0.05, 0) is 17.7 Å². The molecule has 0 saturated heterocycles. The molecule has 0 fully saturated rings. The summed E-state index contributed by atoms with van der Waals surface area (Å²) in [5.74, 6) is 0.168. The molecular weight excluding hydrogens is 260 g/mol. The first-order valence-corrected chi connectivity index (χ1v) is 5.35. The van der Waals surface area contributed by atoms with Crippen LogP contribution in [0, 0.1) is 10.1 Å². The average molecular weight is 269 g/mol. The van der Waals surface area contributed by atoms with E-state index in [1.54, 1.807) is 24.3 Å². The Labute approximate surface area is 107 Å². The smallest absolute Gasteiger partial charge is 0.329 e. The van der Waals surface area contributed by atoms with Gasteiger partial charge in [-0.3, -0.25) is 10.1 Å². The first kappa shape index (κ1) is 12.3. The van der Waals surface area contributed by atoms with Gasteiger partial charge >= 0.3 is 5.69 Å². The zero-order valence-corrected chi connectivity index (χ0v) is 10.2. The molecule has 0 N–H and O–H groups in total. The van der Waals surface area contributed by atoms with Crippen molar-refractivity contribution >= 4 is 23.1 Å². The van der Waals surface area contributed by atoms with Gasteiger partial charge in [-0.1, -0.05) is 0 Å². The summed E-state index contributed by atoms with van der Waals surface area (Å²) < 4.78 is 4.93. The zero-order valence-electron chi connectivity index (χ0n) is 9.41. The molecule has 7 nitrogen and oxygen atoms in total. The Morgan fingerprint density at radius 3 is 3.00 bits per heavy atom. The van der Waals surface area contributed by atoms with Crippen LogP contribution in [0.2, 0.25) is 5.28 Å². The van der Waals surface area contributed by atoms with Crippen LogP contribution in [0.1, 0.15) is 5.56 Å². The minimum atomic E-state index is -0.544. The predicted octanol–water partition coefficient (Wildman–Crippen LogP) is 2.27. The van der Waals surface area contributed by atoms with Crippen LogP contribution in [0.3, 0.4) is 0 Å². The molecule has 0 aromatic carbocycles. The Morgan fingerprint density at radius 1 is 1.61 bits per heavy atom. The van der Waals surface area contributed by atoms with Gasteiger partial charge in [0.1, 0.15) is 6.20 Å². The number of aromatic nitrogens is 2. The van der Waals surface area contributed by atoms with Gasteiger partial charge in [0.15, 0.2) is 0 Å². The second-order valence-electron chi connectivity index (χ2n) is 3.59. The molecule has 0 spiro atoms. The summed E-state index contributed by atoms with van der Waals surface area (Å²) >= 11 is 5.66. The average Bonchev–Trinajstić information content (AvgIpc) is 2.81. The van der Waals surface area contributed by atoms with E-state index in [0.29, 0.717) is 6.54 Å². The summed E-state index contributed by atoms with van der Waals surface area (Å²) in [6.45, 7) is 0.421. The predicted molar refractivity (Wildman–Crippen MR) is 64.5 cm³/mol. The topological polar surface area (TPSA) is 85.3 Å². The van der Waals surface area contributed by atoms with E-state index in [4.69, 9.17) is 16.0 Å². The Balaban J connectivity index is 2.31. The van der Waals surface area contributed by atoms with Gasteiger partial charge in [0, 0.05) is 19.2 Å². The van der Waals surface area contributed by atoms with Crippen molar-refractivity contribution in [3.63, 3.8) is 0 Å². The molecule has 0 bridgehead atoms. The molecule has 94 valence electrons. The van der Waals surface area contributed by atoms with Crippen LogP contribution < -0.4 is 4.90 Å². The van der Waals surface area contributed by atoms with Crippen LogP contribution in [0.15, 0.2) is 29.2 Å². The van der Waals surface area contributed by atoms with Crippen molar-refractivity contribution in [2.45, 2.75) is 6.54 Å². The first-order chi connectivity index (χ1) is 8.58. The van der Waals surface area contributed by atoms with Gasteiger partial charge in [-0.2, -0.15) is 4.98 Å². The maximum atomic E-state index is 10.9. The van der Waals surface area contributed by atoms with E-state index >= 15 is 0 Å². The molecule has 0 unspecified atom stereocenters. The van der Waals surface area contributed by atoms with E-state index in [1.807, 2.05) is 0 Å². The van der Waals surface area contributed by atoms with Gasteiger partial charge in [-0.25, -0.2) is 4.98 Å².